The van der Waals surface area contributed by atoms with E-state index in [-0.39, 0.29) is 6.54 Å². The van der Waals surface area contributed by atoms with Crippen molar-refractivity contribution in [2.24, 2.45) is 0 Å². The molecule has 78 valence electrons. The number of terminal acetylenes is 1. The minimum absolute atomic E-state index is 0.214. The number of aliphatic carboxylic acids is 1. The maximum atomic E-state index is 11.0. The third kappa shape index (κ3) is 2.79. The van der Waals surface area contributed by atoms with Crippen molar-refractivity contribution in [1.29, 1.82) is 0 Å². The van der Waals surface area contributed by atoms with Crippen molar-refractivity contribution in [3.63, 3.8) is 0 Å². The van der Waals surface area contributed by atoms with Crippen molar-refractivity contribution in [2.45, 2.75) is 13.0 Å². The molecule has 1 atom stereocenters. The smallest absolute Gasteiger partial charge is 0.325 e. The van der Waals surface area contributed by atoms with Gasteiger partial charge in [0.25, 0.3) is 0 Å². The molecule has 2 N–H and O–H groups in total. The Kier molecular flexibility index (Phi) is 3.83. The van der Waals surface area contributed by atoms with Gasteiger partial charge in [-0.2, -0.15) is 0 Å². The predicted octanol–water partition coefficient (Wildman–Crippen LogP) is 0.739. The Labute approximate surface area is 88.3 Å². The van der Waals surface area contributed by atoms with Crippen LogP contribution < -0.4 is 5.32 Å². The van der Waals surface area contributed by atoms with E-state index in [1.54, 1.807) is 12.3 Å². The number of carboxylic acid groups (broad SMARTS) is 1. The van der Waals surface area contributed by atoms with Crippen LogP contribution in [0.4, 0.5) is 0 Å². The van der Waals surface area contributed by atoms with Crippen LogP contribution in [0.25, 0.3) is 0 Å². The Bertz CT molecular complexity index is 396. The van der Waals surface area contributed by atoms with Gasteiger partial charge in [0.05, 0.1) is 6.54 Å². The van der Waals surface area contributed by atoms with Gasteiger partial charge in [-0.25, -0.2) is 0 Å². The fourth-order valence-corrected chi connectivity index (χ4v) is 1.27. The lowest BCUT2D eigenvalue weighted by molar-refractivity contribution is -0.139. The number of aryl methyl sites for hydroxylation is 1. The van der Waals surface area contributed by atoms with Crippen molar-refractivity contribution in [3.05, 3.63) is 29.6 Å². The summed E-state index contributed by atoms with van der Waals surface area (Å²) in [4.78, 5) is 14.9. The first-order valence-electron chi connectivity index (χ1n) is 4.47. The standard InChI is InChI=1S/C11H12N2O2/c1-3-5-13-10(11(14)15)9-7-12-6-4-8(9)2/h1,4,6-7,10,13H,5H2,2H3,(H,14,15). The molecule has 0 saturated carbocycles. The molecule has 0 saturated heterocycles. The Morgan fingerprint density at radius 1 is 1.80 bits per heavy atom. The number of carbonyl (C=O) groups is 1. The van der Waals surface area contributed by atoms with Crippen LogP contribution in [0.1, 0.15) is 17.2 Å². The molecule has 15 heavy (non-hydrogen) atoms. The largest absolute Gasteiger partial charge is 0.480 e. The van der Waals surface area contributed by atoms with Gasteiger partial charge in [0.1, 0.15) is 6.04 Å². The number of hydrogen-bond donors (Lipinski definition) is 2. The monoisotopic (exact) mass is 204 g/mol. The highest BCUT2D eigenvalue weighted by Crippen LogP contribution is 2.15. The van der Waals surface area contributed by atoms with Crippen LogP contribution in [0.2, 0.25) is 0 Å². The molecule has 0 spiro atoms. The Balaban J connectivity index is 2.95. The number of rotatable bonds is 4. The molecule has 4 heteroatoms. The highest BCUT2D eigenvalue weighted by Gasteiger charge is 2.20. The minimum Gasteiger partial charge on any atom is -0.480 e. The van der Waals surface area contributed by atoms with E-state index in [0.717, 1.165) is 5.56 Å². The summed E-state index contributed by atoms with van der Waals surface area (Å²) in [6.45, 7) is 2.05. The zero-order valence-corrected chi connectivity index (χ0v) is 8.40. The average molecular weight is 204 g/mol. The average Bonchev–Trinajstić information content (AvgIpc) is 2.20. The van der Waals surface area contributed by atoms with Gasteiger partial charge < -0.3 is 5.11 Å². The Morgan fingerprint density at radius 3 is 3.07 bits per heavy atom. The number of carboxylic acids is 1. The van der Waals surface area contributed by atoms with Gasteiger partial charge in [-0.3, -0.25) is 15.1 Å². The van der Waals surface area contributed by atoms with E-state index < -0.39 is 12.0 Å². The molecule has 1 rings (SSSR count). The maximum Gasteiger partial charge on any atom is 0.325 e. The second kappa shape index (κ2) is 5.13. The van der Waals surface area contributed by atoms with Crippen molar-refractivity contribution in [2.75, 3.05) is 6.54 Å². The van der Waals surface area contributed by atoms with Gasteiger partial charge in [-0.05, 0) is 18.6 Å². The molecule has 0 fully saturated rings. The van der Waals surface area contributed by atoms with E-state index in [4.69, 9.17) is 11.5 Å². The van der Waals surface area contributed by atoms with E-state index in [9.17, 15) is 4.79 Å². The second-order valence-corrected chi connectivity index (χ2v) is 3.09. The molecule has 1 aromatic heterocycles. The summed E-state index contributed by atoms with van der Waals surface area (Å²) in [6, 6.07) is 0.970. The topological polar surface area (TPSA) is 62.2 Å². The first-order valence-corrected chi connectivity index (χ1v) is 4.47. The lowest BCUT2D eigenvalue weighted by atomic mass is 10.0. The Hall–Kier alpha value is -1.86. The van der Waals surface area contributed by atoms with Crippen LogP contribution in [0.3, 0.4) is 0 Å². The van der Waals surface area contributed by atoms with E-state index in [1.807, 2.05) is 6.92 Å². The van der Waals surface area contributed by atoms with Gasteiger partial charge in [0, 0.05) is 18.0 Å². The lowest BCUT2D eigenvalue weighted by Gasteiger charge is -2.14. The molecule has 4 nitrogen and oxygen atoms in total. The zero-order chi connectivity index (χ0) is 11.3. The molecular weight excluding hydrogens is 192 g/mol. The summed E-state index contributed by atoms with van der Waals surface area (Å²) in [5, 5.41) is 11.8. The van der Waals surface area contributed by atoms with Crippen LogP contribution in [-0.4, -0.2) is 22.6 Å². The third-order valence-electron chi connectivity index (χ3n) is 2.05. The minimum atomic E-state index is -0.957. The van der Waals surface area contributed by atoms with Crippen molar-refractivity contribution >= 4 is 5.97 Å². The molecule has 1 aromatic rings. The van der Waals surface area contributed by atoms with Crippen LogP contribution in [0, 0.1) is 19.3 Å². The molecule has 0 amide bonds. The SMILES string of the molecule is C#CCNC(C(=O)O)c1cnccc1C. The molecule has 1 unspecified atom stereocenters. The fourth-order valence-electron chi connectivity index (χ4n) is 1.27. The highest BCUT2D eigenvalue weighted by molar-refractivity contribution is 5.76. The van der Waals surface area contributed by atoms with Gasteiger partial charge >= 0.3 is 5.97 Å². The van der Waals surface area contributed by atoms with E-state index in [1.165, 1.54) is 6.20 Å². The summed E-state index contributed by atoms with van der Waals surface area (Å²) in [5.41, 5.74) is 1.52. The van der Waals surface area contributed by atoms with Gasteiger partial charge in [-0.15, -0.1) is 6.42 Å². The first kappa shape index (κ1) is 11.2. The van der Waals surface area contributed by atoms with E-state index in [2.05, 4.69) is 16.2 Å². The second-order valence-electron chi connectivity index (χ2n) is 3.09. The van der Waals surface area contributed by atoms with Gasteiger partial charge in [-0.1, -0.05) is 5.92 Å². The highest BCUT2D eigenvalue weighted by atomic mass is 16.4. The number of pyridine rings is 1. The van der Waals surface area contributed by atoms with Crippen molar-refractivity contribution in [1.82, 2.24) is 10.3 Å². The molecular formula is C11H12N2O2. The number of nitrogens with zero attached hydrogens (tertiary/aromatic N) is 1. The van der Waals surface area contributed by atoms with Crippen molar-refractivity contribution < 1.29 is 9.90 Å². The molecule has 0 aliphatic carbocycles. The molecule has 0 aromatic carbocycles. The van der Waals surface area contributed by atoms with Crippen LogP contribution in [-0.2, 0) is 4.79 Å². The number of aromatic nitrogens is 1. The number of nitrogens with one attached hydrogen (secondary N) is 1. The predicted molar refractivity (Wildman–Crippen MR) is 56.2 cm³/mol. The molecule has 0 bridgehead atoms. The molecule has 0 aliphatic rings. The summed E-state index contributed by atoms with van der Waals surface area (Å²) in [6.07, 6.45) is 8.24. The molecule has 0 aliphatic heterocycles. The van der Waals surface area contributed by atoms with Gasteiger partial charge in [0.15, 0.2) is 0 Å². The zero-order valence-electron chi connectivity index (χ0n) is 8.40. The lowest BCUT2D eigenvalue weighted by Crippen LogP contribution is -2.29. The quantitative estimate of drug-likeness (QED) is 0.710. The number of hydrogen-bond acceptors (Lipinski definition) is 3. The Morgan fingerprint density at radius 2 is 2.53 bits per heavy atom. The summed E-state index contributed by atoms with van der Waals surface area (Å²) in [5.74, 6) is 1.39. The van der Waals surface area contributed by atoms with Crippen molar-refractivity contribution in [3.8, 4) is 12.3 Å². The normalized spacial score (nSPS) is 11.7. The fraction of sp³-hybridized carbons (Fsp3) is 0.273. The van der Waals surface area contributed by atoms with E-state index >= 15 is 0 Å². The van der Waals surface area contributed by atoms with Crippen LogP contribution >= 0.6 is 0 Å². The molecule has 0 radical (unpaired) electrons. The van der Waals surface area contributed by atoms with E-state index in [0.29, 0.717) is 5.56 Å². The summed E-state index contributed by atoms with van der Waals surface area (Å²) >= 11 is 0. The van der Waals surface area contributed by atoms with Gasteiger partial charge in [0.2, 0.25) is 0 Å². The third-order valence-corrected chi connectivity index (χ3v) is 2.05. The first-order chi connectivity index (χ1) is 7.16. The summed E-state index contributed by atoms with van der Waals surface area (Å²) < 4.78 is 0. The molecule has 1 heterocycles. The van der Waals surface area contributed by atoms with Crippen LogP contribution in [0.15, 0.2) is 18.5 Å². The maximum absolute atomic E-state index is 11.0. The summed E-state index contributed by atoms with van der Waals surface area (Å²) in [7, 11) is 0. The van der Waals surface area contributed by atoms with Crippen LogP contribution in [0.5, 0.6) is 0 Å².